The molecule has 0 aliphatic heterocycles. The molecule has 0 fully saturated rings. The van der Waals surface area contributed by atoms with Crippen molar-refractivity contribution in [2.45, 2.75) is 6.92 Å². The molecule has 1 aromatic heterocycles. The Morgan fingerprint density at radius 1 is 1.13 bits per heavy atom. The van der Waals surface area contributed by atoms with Gasteiger partial charge >= 0.3 is 5.97 Å². The lowest BCUT2D eigenvalue weighted by molar-refractivity contribution is 0.0527. The molecule has 2 aromatic carbocycles. The van der Waals surface area contributed by atoms with Gasteiger partial charge in [-0.1, -0.05) is 53.5 Å². The van der Waals surface area contributed by atoms with Crippen LogP contribution in [0.15, 0.2) is 48.5 Å². The van der Waals surface area contributed by atoms with Crippen LogP contribution in [0.4, 0.5) is 0 Å². The van der Waals surface area contributed by atoms with Crippen LogP contribution in [0.1, 0.15) is 17.3 Å². The van der Waals surface area contributed by atoms with Crippen molar-refractivity contribution < 1.29 is 9.53 Å². The summed E-state index contributed by atoms with van der Waals surface area (Å²) in [5.74, 6) is -0.420. The first-order valence-electron chi connectivity index (χ1n) is 7.12. The number of hydrogen-bond donors (Lipinski definition) is 0. The number of nitrogens with zero attached hydrogens (tertiary/aromatic N) is 1. The van der Waals surface area contributed by atoms with Crippen LogP contribution in [0, 0.1) is 0 Å². The maximum Gasteiger partial charge on any atom is 0.340 e. The summed E-state index contributed by atoms with van der Waals surface area (Å²) < 4.78 is 5.15. The van der Waals surface area contributed by atoms with Gasteiger partial charge in [0.25, 0.3) is 0 Å². The zero-order valence-corrected chi connectivity index (χ0v) is 13.9. The quantitative estimate of drug-likeness (QED) is 0.597. The highest BCUT2D eigenvalue weighted by Crippen LogP contribution is 2.32. The zero-order chi connectivity index (χ0) is 16.4. The normalized spacial score (nSPS) is 10.7. The summed E-state index contributed by atoms with van der Waals surface area (Å²) in [5, 5.41) is 1.64. The molecule has 0 aliphatic rings. The standard InChI is InChI=1S/C18H13Cl2NO2/c1-2-23-18(22)14-9-12-8-13(19)10-15(20)17(12)21-16(14)11-6-4-3-5-7-11/h3-10H,2H2,1H3. The van der Waals surface area contributed by atoms with Crippen molar-refractivity contribution in [3.8, 4) is 11.3 Å². The minimum Gasteiger partial charge on any atom is -0.462 e. The molecular weight excluding hydrogens is 333 g/mol. The molecule has 3 nitrogen and oxygen atoms in total. The summed E-state index contributed by atoms with van der Waals surface area (Å²) in [6.07, 6.45) is 0. The Morgan fingerprint density at radius 3 is 2.57 bits per heavy atom. The summed E-state index contributed by atoms with van der Waals surface area (Å²) in [5.41, 5.74) is 2.36. The lowest BCUT2D eigenvalue weighted by Crippen LogP contribution is -2.08. The molecule has 0 bridgehead atoms. The molecule has 116 valence electrons. The highest BCUT2D eigenvalue weighted by molar-refractivity contribution is 6.38. The van der Waals surface area contributed by atoms with E-state index in [1.54, 1.807) is 25.1 Å². The zero-order valence-electron chi connectivity index (χ0n) is 12.3. The van der Waals surface area contributed by atoms with Crippen molar-refractivity contribution in [2.75, 3.05) is 6.61 Å². The summed E-state index contributed by atoms with van der Waals surface area (Å²) in [6, 6.07) is 14.5. The number of ether oxygens (including phenoxy) is 1. The monoisotopic (exact) mass is 345 g/mol. The average molecular weight is 346 g/mol. The van der Waals surface area contributed by atoms with Gasteiger partial charge in [-0.15, -0.1) is 0 Å². The van der Waals surface area contributed by atoms with Crippen LogP contribution >= 0.6 is 23.2 Å². The van der Waals surface area contributed by atoms with E-state index in [0.29, 0.717) is 38.8 Å². The van der Waals surface area contributed by atoms with Gasteiger partial charge in [0, 0.05) is 16.0 Å². The molecule has 0 N–H and O–H groups in total. The van der Waals surface area contributed by atoms with E-state index in [1.807, 2.05) is 30.3 Å². The first-order valence-corrected chi connectivity index (χ1v) is 7.88. The highest BCUT2D eigenvalue weighted by atomic mass is 35.5. The van der Waals surface area contributed by atoms with Crippen molar-refractivity contribution in [1.29, 1.82) is 0 Å². The van der Waals surface area contributed by atoms with E-state index in [2.05, 4.69) is 4.98 Å². The van der Waals surface area contributed by atoms with Gasteiger partial charge in [-0.3, -0.25) is 0 Å². The number of carbonyl (C=O) groups is 1. The van der Waals surface area contributed by atoms with Crippen LogP contribution in [-0.4, -0.2) is 17.6 Å². The summed E-state index contributed by atoms with van der Waals surface area (Å²) in [4.78, 5) is 16.9. The van der Waals surface area contributed by atoms with E-state index in [4.69, 9.17) is 27.9 Å². The molecule has 0 saturated carbocycles. The maximum atomic E-state index is 12.3. The van der Waals surface area contributed by atoms with Gasteiger partial charge in [0.1, 0.15) is 0 Å². The summed E-state index contributed by atoms with van der Waals surface area (Å²) in [6.45, 7) is 2.06. The van der Waals surface area contributed by atoms with Gasteiger partial charge in [-0.05, 0) is 25.1 Å². The lowest BCUT2D eigenvalue weighted by Gasteiger charge is -2.11. The number of carbonyl (C=O) groups excluding carboxylic acids is 1. The molecular formula is C18H13Cl2NO2. The lowest BCUT2D eigenvalue weighted by atomic mass is 10.0. The predicted molar refractivity (Wildman–Crippen MR) is 93.2 cm³/mol. The molecule has 0 radical (unpaired) electrons. The first kappa shape index (κ1) is 15.8. The Kier molecular flexibility index (Phi) is 4.51. The van der Waals surface area contributed by atoms with E-state index in [1.165, 1.54) is 0 Å². The molecule has 0 spiro atoms. The molecule has 3 rings (SSSR count). The van der Waals surface area contributed by atoms with E-state index >= 15 is 0 Å². The van der Waals surface area contributed by atoms with Crippen LogP contribution in [0.2, 0.25) is 10.0 Å². The highest BCUT2D eigenvalue weighted by Gasteiger charge is 2.18. The second-order valence-corrected chi connectivity index (χ2v) is 5.77. The van der Waals surface area contributed by atoms with Gasteiger partial charge in [-0.2, -0.15) is 0 Å². The van der Waals surface area contributed by atoms with Crippen LogP contribution in [0.3, 0.4) is 0 Å². The fraction of sp³-hybridized carbons (Fsp3) is 0.111. The van der Waals surface area contributed by atoms with Gasteiger partial charge in [-0.25, -0.2) is 9.78 Å². The molecule has 0 amide bonds. The number of fused-ring (bicyclic) bond motifs is 1. The van der Waals surface area contributed by atoms with Crippen molar-refractivity contribution >= 4 is 40.1 Å². The third-order valence-electron chi connectivity index (χ3n) is 3.38. The molecule has 0 unspecified atom stereocenters. The molecule has 0 atom stereocenters. The number of esters is 1. The van der Waals surface area contributed by atoms with E-state index in [-0.39, 0.29) is 0 Å². The number of benzene rings is 2. The van der Waals surface area contributed by atoms with Gasteiger partial charge < -0.3 is 4.74 Å². The Morgan fingerprint density at radius 2 is 1.87 bits per heavy atom. The predicted octanol–water partition coefficient (Wildman–Crippen LogP) is 5.39. The number of rotatable bonds is 3. The average Bonchev–Trinajstić information content (AvgIpc) is 2.54. The van der Waals surface area contributed by atoms with E-state index < -0.39 is 5.97 Å². The molecule has 0 saturated heterocycles. The smallest absolute Gasteiger partial charge is 0.340 e. The number of aromatic nitrogens is 1. The fourth-order valence-corrected chi connectivity index (χ4v) is 2.94. The van der Waals surface area contributed by atoms with Gasteiger partial charge in [0.2, 0.25) is 0 Å². The third kappa shape index (κ3) is 3.16. The van der Waals surface area contributed by atoms with Crippen molar-refractivity contribution in [3.63, 3.8) is 0 Å². The van der Waals surface area contributed by atoms with E-state index in [0.717, 1.165) is 5.56 Å². The Bertz CT molecular complexity index is 879. The SMILES string of the molecule is CCOC(=O)c1cc2cc(Cl)cc(Cl)c2nc1-c1ccccc1. The maximum absolute atomic E-state index is 12.3. The van der Waals surface area contributed by atoms with Crippen LogP contribution in [0.5, 0.6) is 0 Å². The first-order chi connectivity index (χ1) is 11.1. The van der Waals surface area contributed by atoms with Crippen molar-refractivity contribution in [1.82, 2.24) is 4.98 Å². The van der Waals surface area contributed by atoms with E-state index in [9.17, 15) is 4.79 Å². The number of hydrogen-bond acceptors (Lipinski definition) is 3. The van der Waals surface area contributed by atoms with Gasteiger partial charge in [0.15, 0.2) is 0 Å². The number of pyridine rings is 1. The summed E-state index contributed by atoms with van der Waals surface area (Å²) >= 11 is 12.3. The Hall–Kier alpha value is -2.10. The van der Waals surface area contributed by atoms with Crippen LogP contribution in [0.25, 0.3) is 22.2 Å². The molecule has 0 aliphatic carbocycles. The largest absolute Gasteiger partial charge is 0.462 e. The minimum absolute atomic E-state index is 0.293. The molecule has 5 heteroatoms. The Labute approximate surface area is 143 Å². The van der Waals surface area contributed by atoms with Crippen molar-refractivity contribution in [3.05, 3.63) is 64.1 Å². The van der Waals surface area contributed by atoms with Crippen LogP contribution in [-0.2, 0) is 4.74 Å². The van der Waals surface area contributed by atoms with Gasteiger partial charge in [0.05, 0.1) is 28.4 Å². The second-order valence-electron chi connectivity index (χ2n) is 4.93. The molecule has 3 aromatic rings. The van der Waals surface area contributed by atoms with Crippen LogP contribution < -0.4 is 0 Å². The third-order valence-corrected chi connectivity index (χ3v) is 3.89. The molecule has 23 heavy (non-hydrogen) atoms. The molecule has 1 heterocycles. The number of halogens is 2. The second kappa shape index (κ2) is 6.57. The minimum atomic E-state index is -0.420. The Balaban J connectivity index is 2.31. The fourth-order valence-electron chi connectivity index (χ4n) is 2.39. The summed E-state index contributed by atoms with van der Waals surface area (Å²) in [7, 11) is 0. The van der Waals surface area contributed by atoms with Crippen molar-refractivity contribution in [2.24, 2.45) is 0 Å². The topological polar surface area (TPSA) is 39.2 Å².